The van der Waals surface area contributed by atoms with Gasteiger partial charge in [0.25, 0.3) is 0 Å². The highest BCUT2D eigenvalue weighted by Gasteiger charge is 2.43. The molecule has 73 heavy (non-hydrogen) atoms. The number of H-pyrrole nitrogens is 2. The Kier molecular flexibility index (Phi) is 13.1. The first-order chi connectivity index (χ1) is 35.3. The van der Waals surface area contributed by atoms with Crippen LogP contribution in [-0.4, -0.2) is 110 Å². The zero-order chi connectivity index (χ0) is 50.8. The van der Waals surface area contributed by atoms with E-state index in [0.29, 0.717) is 43.5 Å². The normalized spacial score (nSPS) is 23.5. The van der Waals surface area contributed by atoms with Gasteiger partial charge in [-0.1, -0.05) is 19.9 Å². The first kappa shape index (κ1) is 48.6. The van der Waals surface area contributed by atoms with E-state index < -0.39 is 30.5 Å². The number of hydrogen-bond acceptors (Lipinski definition) is 11. The lowest BCUT2D eigenvalue weighted by Gasteiger charge is -2.38. The van der Waals surface area contributed by atoms with Gasteiger partial charge in [0, 0.05) is 40.0 Å². The van der Waals surface area contributed by atoms with E-state index >= 15 is 0 Å². The number of hydrogen-bond donors (Lipinski definition) is 4. The Balaban J connectivity index is 0.893. The molecule has 384 valence electrons. The number of amides is 4. The number of ether oxygens (including phenoxy) is 4. The molecule has 18 heteroatoms. The second-order valence-electron chi connectivity index (χ2n) is 21.0. The number of carbonyl (C=O) groups is 4. The maximum atomic E-state index is 14.5. The third-order valence-corrected chi connectivity index (χ3v) is 16.9. The van der Waals surface area contributed by atoms with E-state index in [0.717, 1.165) is 86.5 Å². The zero-order valence-electron chi connectivity index (χ0n) is 42.5. The average Bonchev–Trinajstić information content (AvgIpc) is 4.10. The van der Waals surface area contributed by atoms with Crippen LogP contribution in [0.15, 0.2) is 60.9 Å². The summed E-state index contributed by atoms with van der Waals surface area (Å²) in [7, 11) is 2.62. The number of imidazole rings is 2. The number of aromatic amines is 2. The van der Waals surface area contributed by atoms with Gasteiger partial charge in [0.05, 0.1) is 78.4 Å². The van der Waals surface area contributed by atoms with Gasteiger partial charge in [0.2, 0.25) is 18.0 Å². The highest BCUT2D eigenvalue weighted by Crippen LogP contribution is 2.51. The van der Waals surface area contributed by atoms with Crippen molar-refractivity contribution in [3.05, 3.63) is 87.9 Å². The summed E-state index contributed by atoms with van der Waals surface area (Å²) in [4.78, 5) is 76.3. The van der Waals surface area contributed by atoms with Crippen LogP contribution in [0.4, 0.5) is 9.59 Å². The van der Waals surface area contributed by atoms with E-state index in [1.165, 1.54) is 31.9 Å². The van der Waals surface area contributed by atoms with Gasteiger partial charge in [-0.2, -0.15) is 0 Å². The maximum Gasteiger partial charge on any atom is 0.407 e. The second-order valence-corrected chi connectivity index (χ2v) is 22.2. The summed E-state index contributed by atoms with van der Waals surface area (Å²) in [6.07, 6.45) is 8.85. The van der Waals surface area contributed by atoms with Crippen molar-refractivity contribution >= 4 is 46.2 Å². The highest BCUT2D eigenvalue weighted by molar-refractivity contribution is 7.12. The Labute approximate surface area is 428 Å². The summed E-state index contributed by atoms with van der Waals surface area (Å²) in [6.45, 7) is 11.1. The van der Waals surface area contributed by atoms with E-state index in [1.54, 1.807) is 0 Å². The van der Waals surface area contributed by atoms with Gasteiger partial charge < -0.3 is 49.3 Å². The topological polar surface area (TPSA) is 198 Å². The molecule has 4 aromatic heterocycles. The van der Waals surface area contributed by atoms with Crippen LogP contribution in [0.2, 0.25) is 0 Å². The number of nitrogens with zero attached hydrogens (tertiary/aromatic N) is 5. The number of aryl methyl sites for hydroxylation is 1. The Morgan fingerprint density at radius 2 is 1.40 bits per heavy atom. The summed E-state index contributed by atoms with van der Waals surface area (Å²) in [5.41, 5.74) is 7.72. The lowest BCUT2D eigenvalue weighted by molar-refractivity contribution is -0.138. The molecular formula is C55H65N9O8S. The van der Waals surface area contributed by atoms with Crippen molar-refractivity contribution < 1.29 is 38.1 Å². The SMILES string of the molecule is COC(=O)N[C@H](C(=O)N1CCC[C@H]1c1ncc(-c2cc(C)c3c(c2)OC(c2ccc(C4CC4)s2)n2c-3cc3cc(-c4cnc([C@@H]5CCCN5C(=O)[C@@H](NC(=O)OC)C5C[C@@H](C)O[C@@H](C)C5)[nH]4)ccc32)[nH]1)C(C)C. The molecule has 6 aromatic rings. The Morgan fingerprint density at radius 3 is 2.04 bits per heavy atom. The van der Waals surface area contributed by atoms with Crippen molar-refractivity contribution in [3.8, 4) is 39.5 Å². The standard InChI is InChI=1S/C55H65N9O8S/c1-28(2)47(60-54(67)69-6)51(65)62-18-8-10-40(62)50-57-27-38(59-50)34-20-29(3)46-42-24-35-23-33(14-15-39(35)64(42)53(72-43(46)25-34)45-17-16-44(73-45)32-12-13-32)37-26-56-49(58-37)41-11-9-19-63(41)52(66)48(61-55(68)70-7)36-21-30(4)71-31(5)22-36/h14-17,20,23-28,30-32,36,40-41,47-48,53H,8-13,18-19,21-22H2,1-7H3,(H,56,58)(H,57,59)(H,60,67)(H,61,68)/t30-,31+,36?,40-,41-,47-,48-,53?/m0/s1. The number of aromatic nitrogens is 5. The number of thiophene rings is 1. The van der Waals surface area contributed by atoms with Gasteiger partial charge in [-0.05, 0) is 138 Å². The monoisotopic (exact) mass is 1010 g/mol. The molecule has 4 aliphatic heterocycles. The predicted molar refractivity (Wildman–Crippen MR) is 276 cm³/mol. The Hall–Kier alpha value is -6.66. The van der Waals surface area contributed by atoms with E-state index in [9.17, 15) is 19.2 Å². The minimum Gasteiger partial charge on any atom is -0.464 e. The minimum atomic E-state index is -0.741. The van der Waals surface area contributed by atoms with Gasteiger partial charge in [-0.15, -0.1) is 11.3 Å². The summed E-state index contributed by atoms with van der Waals surface area (Å²) >= 11 is 1.83. The molecule has 4 fully saturated rings. The molecular weight excluding hydrogens is 947 g/mol. The van der Waals surface area contributed by atoms with E-state index in [1.807, 2.05) is 61.2 Å². The quantitative estimate of drug-likeness (QED) is 0.0915. The van der Waals surface area contributed by atoms with E-state index in [2.05, 4.69) is 80.6 Å². The molecule has 2 aromatic carbocycles. The van der Waals surface area contributed by atoms with Crippen LogP contribution in [0, 0.1) is 18.8 Å². The molecule has 17 nitrogen and oxygen atoms in total. The molecule has 4 amide bonds. The fraction of sp³-hybridized carbons (Fsp3) is 0.491. The zero-order valence-corrected chi connectivity index (χ0v) is 43.3. The lowest BCUT2D eigenvalue weighted by atomic mass is 9.85. The smallest absolute Gasteiger partial charge is 0.407 e. The third-order valence-electron chi connectivity index (χ3n) is 15.6. The molecule has 8 heterocycles. The van der Waals surface area contributed by atoms with Crippen molar-refractivity contribution in [2.24, 2.45) is 11.8 Å². The molecule has 0 spiro atoms. The molecule has 1 saturated carbocycles. The molecule has 3 saturated heterocycles. The number of fused-ring (bicyclic) bond motifs is 5. The fourth-order valence-corrected chi connectivity index (χ4v) is 13.1. The van der Waals surface area contributed by atoms with E-state index in [-0.39, 0.29) is 47.9 Å². The average molecular weight is 1010 g/mol. The first-order valence-electron chi connectivity index (χ1n) is 25.9. The number of likely N-dealkylation sites (tertiary alicyclic amines) is 2. The van der Waals surface area contributed by atoms with Gasteiger partial charge in [0.15, 0.2) is 0 Å². The van der Waals surface area contributed by atoms with Crippen LogP contribution in [0.1, 0.15) is 130 Å². The fourth-order valence-electron chi connectivity index (χ4n) is 11.9. The van der Waals surface area contributed by atoms with Crippen molar-refractivity contribution in [2.75, 3.05) is 27.3 Å². The van der Waals surface area contributed by atoms with Crippen molar-refractivity contribution in [1.82, 2.24) is 44.9 Å². The second kappa shape index (κ2) is 19.6. The summed E-state index contributed by atoms with van der Waals surface area (Å²) in [5, 5.41) is 6.68. The van der Waals surface area contributed by atoms with Crippen LogP contribution < -0.4 is 15.4 Å². The number of rotatable bonds is 12. The molecule has 0 bridgehead atoms. The summed E-state index contributed by atoms with van der Waals surface area (Å²) in [6, 6.07) is 15.5. The van der Waals surface area contributed by atoms with Gasteiger partial charge >= 0.3 is 12.2 Å². The molecule has 2 unspecified atom stereocenters. The van der Waals surface area contributed by atoms with Crippen LogP contribution in [0.25, 0.3) is 44.7 Å². The number of nitrogens with one attached hydrogen (secondary N) is 4. The van der Waals surface area contributed by atoms with Crippen LogP contribution in [-0.2, 0) is 23.8 Å². The molecule has 5 aliphatic rings. The molecule has 0 radical (unpaired) electrons. The molecule has 4 N–H and O–H groups in total. The number of benzene rings is 2. The predicted octanol–water partition coefficient (Wildman–Crippen LogP) is 9.91. The summed E-state index contributed by atoms with van der Waals surface area (Å²) in [5.74, 6) is 2.30. The van der Waals surface area contributed by atoms with Gasteiger partial charge in [-0.3, -0.25) is 14.2 Å². The summed E-state index contributed by atoms with van der Waals surface area (Å²) < 4.78 is 25.3. The van der Waals surface area contributed by atoms with Gasteiger partial charge in [-0.25, -0.2) is 19.6 Å². The van der Waals surface area contributed by atoms with Crippen molar-refractivity contribution in [2.45, 2.75) is 135 Å². The Morgan fingerprint density at radius 1 is 0.767 bits per heavy atom. The van der Waals surface area contributed by atoms with Crippen molar-refractivity contribution in [3.63, 3.8) is 0 Å². The van der Waals surface area contributed by atoms with Crippen LogP contribution in [0.5, 0.6) is 5.75 Å². The first-order valence-corrected chi connectivity index (χ1v) is 26.7. The van der Waals surface area contributed by atoms with E-state index in [4.69, 9.17) is 28.9 Å². The minimum absolute atomic E-state index is 0.0308. The largest absolute Gasteiger partial charge is 0.464 e. The molecule has 1 aliphatic carbocycles. The third kappa shape index (κ3) is 9.25. The maximum absolute atomic E-state index is 14.5. The van der Waals surface area contributed by atoms with Gasteiger partial charge in [0.1, 0.15) is 29.5 Å². The van der Waals surface area contributed by atoms with Crippen LogP contribution >= 0.6 is 11.3 Å². The van der Waals surface area contributed by atoms with Crippen LogP contribution in [0.3, 0.4) is 0 Å². The highest BCUT2D eigenvalue weighted by atomic mass is 32.1. The molecule has 11 rings (SSSR count). The molecule has 8 atom stereocenters. The van der Waals surface area contributed by atoms with Crippen molar-refractivity contribution in [1.29, 1.82) is 0 Å². The lowest BCUT2D eigenvalue weighted by Crippen LogP contribution is -2.54. The number of alkyl carbamates (subject to hydrolysis) is 2. The number of carbonyl (C=O) groups excluding carboxylic acids is 4. The Bertz CT molecular complexity index is 3070. The number of methoxy groups -OCH3 is 2.